The van der Waals surface area contributed by atoms with Crippen molar-refractivity contribution in [3.63, 3.8) is 0 Å². The SMILES string of the molecule is CCCCN(CCCC)CC(=O)N1c2ccccc2Sc2ccc(Cl)cc21. The highest BCUT2D eigenvalue weighted by Crippen LogP contribution is 2.48. The molecule has 0 saturated carbocycles. The van der Waals surface area contributed by atoms with Crippen LogP contribution in [0.3, 0.4) is 0 Å². The summed E-state index contributed by atoms with van der Waals surface area (Å²) in [5.41, 5.74) is 1.84. The van der Waals surface area contributed by atoms with Crippen molar-refractivity contribution in [3.8, 4) is 0 Å². The summed E-state index contributed by atoms with van der Waals surface area (Å²) in [6, 6.07) is 13.9. The van der Waals surface area contributed by atoms with E-state index in [1.807, 2.05) is 41.3 Å². The predicted molar refractivity (Wildman–Crippen MR) is 115 cm³/mol. The van der Waals surface area contributed by atoms with E-state index in [1.165, 1.54) is 0 Å². The highest BCUT2D eigenvalue weighted by atomic mass is 35.5. The van der Waals surface area contributed by atoms with Crippen LogP contribution in [0.15, 0.2) is 52.3 Å². The maximum Gasteiger partial charge on any atom is 0.245 e. The molecule has 0 spiro atoms. The molecule has 1 amide bonds. The van der Waals surface area contributed by atoms with Crippen molar-refractivity contribution in [2.45, 2.75) is 49.3 Å². The first-order chi connectivity index (χ1) is 13.1. The number of amides is 1. The molecular weight excluding hydrogens is 376 g/mol. The summed E-state index contributed by atoms with van der Waals surface area (Å²) in [5, 5.41) is 0.653. The Bertz CT molecular complexity index is 788. The number of carbonyl (C=O) groups excluding carboxylic acids is 1. The van der Waals surface area contributed by atoms with Gasteiger partial charge >= 0.3 is 0 Å². The van der Waals surface area contributed by atoms with E-state index in [0.717, 1.165) is 59.9 Å². The smallest absolute Gasteiger partial charge is 0.245 e. The highest BCUT2D eigenvalue weighted by molar-refractivity contribution is 7.99. The van der Waals surface area contributed by atoms with Crippen molar-refractivity contribution >= 4 is 40.6 Å². The van der Waals surface area contributed by atoms with Crippen molar-refractivity contribution in [1.82, 2.24) is 4.90 Å². The van der Waals surface area contributed by atoms with Crippen LogP contribution in [0, 0.1) is 0 Å². The number of nitrogens with zero attached hydrogens (tertiary/aromatic N) is 2. The lowest BCUT2D eigenvalue weighted by atomic mass is 10.2. The van der Waals surface area contributed by atoms with Crippen LogP contribution in [0.25, 0.3) is 0 Å². The number of fused-ring (bicyclic) bond motifs is 2. The van der Waals surface area contributed by atoms with E-state index in [-0.39, 0.29) is 5.91 Å². The van der Waals surface area contributed by atoms with Crippen molar-refractivity contribution < 1.29 is 4.79 Å². The molecule has 0 radical (unpaired) electrons. The van der Waals surface area contributed by atoms with E-state index in [1.54, 1.807) is 11.8 Å². The molecule has 0 atom stereocenters. The minimum atomic E-state index is 0.110. The fraction of sp³-hybridized carbons (Fsp3) is 0.409. The number of hydrogen-bond acceptors (Lipinski definition) is 3. The second kappa shape index (κ2) is 9.63. The Morgan fingerprint density at radius 1 is 1.00 bits per heavy atom. The molecule has 1 aliphatic rings. The first-order valence-corrected chi connectivity index (χ1v) is 10.9. The number of unbranched alkanes of at least 4 members (excludes halogenated alkanes) is 2. The average Bonchev–Trinajstić information content (AvgIpc) is 2.68. The quantitative estimate of drug-likeness (QED) is 0.512. The van der Waals surface area contributed by atoms with Gasteiger partial charge in [-0.05, 0) is 56.3 Å². The number of halogens is 1. The van der Waals surface area contributed by atoms with Gasteiger partial charge in [0, 0.05) is 14.8 Å². The summed E-state index contributed by atoms with van der Waals surface area (Å²) >= 11 is 7.95. The predicted octanol–water partition coefficient (Wildman–Crippen LogP) is 6.37. The second-order valence-corrected chi connectivity index (χ2v) is 8.41. The fourth-order valence-electron chi connectivity index (χ4n) is 3.29. The summed E-state index contributed by atoms with van der Waals surface area (Å²) in [5.74, 6) is 0.110. The maximum absolute atomic E-state index is 13.4. The van der Waals surface area contributed by atoms with Crippen molar-refractivity contribution in [2.75, 3.05) is 24.5 Å². The molecule has 2 aromatic rings. The van der Waals surface area contributed by atoms with Gasteiger partial charge in [-0.2, -0.15) is 0 Å². The molecule has 2 aromatic carbocycles. The van der Waals surface area contributed by atoms with E-state index in [2.05, 4.69) is 24.8 Å². The third kappa shape index (κ3) is 4.87. The molecule has 0 N–H and O–H groups in total. The van der Waals surface area contributed by atoms with Crippen LogP contribution in [-0.2, 0) is 4.79 Å². The van der Waals surface area contributed by atoms with Crippen LogP contribution >= 0.6 is 23.4 Å². The number of anilines is 2. The normalized spacial score (nSPS) is 12.8. The molecule has 1 heterocycles. The lowest BCUT2D eigenvalue weighted by Crippen LogP contribution is -2.40. The van der Waals surface area contributed by atoms with Crippen LogP contribution in [0.2, 0.25) is 5.02 Å². The van der Waals surface area contributed by atoms with Crippen molar-refractivity contribution in [3.05, 3.63) is 47.5 Å². The summed E-state index contributed by atoms with van der Waals surface area (Å²) in [4.78, 5) is 19.7. The number of para-hydroxylation sites is 1. The van der Waals surface area contributed by atoms with E-state index in [4.69, 9.17) is 11.6 Å². The number of hydrogen-bond donors (Lipinski definition) is 0. The van der Waals surface area contributed by atoms with Gasteiger partial charge in [0.15, 0.2) is 0 Å². The topological polar surface area (TPSA) is 23.6 Å². The van der Waals surface area contributed by atoms with Gasteiger partial charge in [-0.3, -0.25) is 14.6 Å². The van der Waals surface area contributed by atoms with Crippen molar-refractivity contribution in [2.24, 2.45) is 0 Å². The Balaban J connectivity index is 1.89. The lowest BCUT2D eigenvalue weighted by Gasteiger charge is -2.33. The molecule has 0 aromatic heterocycles. The fourth-order valence-corrected chi connectivity index (χ4v) is 4.50. The van der Waals surface area contributed by atoms with Crippen LogP contribution in [0.1, 0.15) is 39.5 Å². The van der Waals surface area contributed by atoms with Gasteiger partial charge < -0.3 is 0 Å². The zero-order valence-electron chi connectivity index (χ0n) is 16.1. The van der Waals surface area contributed by atoms with Gasteiger partial charge in [0.25, 0.3) is 0 Å². The molecule has 1 aliphatic heterocycles. The van der Waals surface area contributed by atoms with Gasteiger partial charge in [0.1, 0.15) is 0 Å². The molecule has 5 heteroatoms. The maximum atomic E-state index is 13.4. The summed E-state index contributed by atoms with van der Waals surface area (Å²) < 4.78 is 0. The number of benzene rings is 2. The Morgan fingerprint density at radius 2 is 1.67 bits per heavy atom. The molecule has 0 saturated heterocycles. The number of rotatable bonds is 8. The van der Waals surface area contributed by atoms with Crippen molar-refractivity contribution in [1.29, 1.82) is 0 Å². The molecule has 27 heavy (non-hydrogen) atoms. The van der Waals surface area contributed by atoms with Crippen LogP contribution in [-0.4, -0.2) is 30.4 Å². The van der Waals surface area contributed by atoms with Gasteiger partial charge in [-0.15, -0.1) is 0 Å². The van der Waals surface area contributed by atoms with Gasteiger partial charge in [0.05, 0.1) is 17.9 Å². The van der Waals surface area contributed by atoms with E-state index in [0.29, 0.717) is 11.6 Å². The first-order valence-electron chi connectivity index (χ1n) is 9.75. The molecule has 0 bridgehead atoms. The van der Waals surface area contributed by atoms with Crippen LogP contribution < -0.4 is 4.90 Å². The molecular formula is C22H27ClN2OS. The molecule has 0 fully saturated rings. The summed E-state index contributed by atoms with van der Waals surface area (Å²) in [7, 11) is 0. The lowest BCUT2D eigenvalue weighted by molar-refractivity contribution is -0.119. The highest BCUT2D eigenvalue weighted by Gasteiger charge is 2.29. The second-order valence-electron chi connectivity index (χ2n) is 6.89. The molecule has 0 unspecified atom stereocenters. The monoisotopic (exact) mass is 402 g/mol. The van der Waals surface area contributed by atoms with Crippen LogP contribution in [0.4, 0.5) is 11.4 Å². The molecule has 3 rings (SSSR count). The standard InChI is InChI=1S/C22H27ClN2OS/c1-3-5-13-24(14-6-4-2)16-22(26)25-18-9-7-8-10-20(18)27-21-12-11-17(23)15-19(21)25/h7-12,15H,3-6,13-14,16H2,1-2H3. The van der Waals surface area contributed by atoms with Gasteiger partial charge in [-0.1, -0.05) is 62.2 Å². The Hall–Kier alpha value is -1.49. The third-order valence-electron chi connectivity index (χ3n) is 4.75. The van der Waals surface area contributed by atoms with E-state index >= 15 is 0 Å². The van der Waals surface area contributed by atoms with E-state index in [9.17, 15) is 4.79 Å². The third-order valence-corrected chi connectivity index (χ3v) is 6.12. The Labute approximate surface area is 171 Å². The minimum Gasteiger partial charge on any atom is -0.294 e. The molecule has 0 aliphatic carbocycles. The number of carbonyl (C=O) groups is 1. The summed E-state index contributed by atoms with van der Waals surface area (Å²) in [6.07, 6.45) is 4.51. The van der Waals surface area contributed by atoms with Gasteiger partial charge in [-0.25, -0.2) is 0 Å². The molecule has 3 nitrogen and oxygen atoms in total. The molecule has 144 valence electrons. The van der Waals surface area contributed by atoms with Crippen LogP contribution in [0.5, 0.6) is 0 Å². The van der Waals surface area contributed by atoms with Gasteiger partial charge in [0.2, 0.25) is 5.91 Å². The first kappa shape index (κ1) is 20.2. The zero-order valence-corrected chi connectivity index (χ0v) is 17.7. The largest absolute Gasteiger partial charge is 0.294 e. The Morgan fingerprint density at radius 3 is 2.37 bits per heavy atom. The summed E-state index contributed by atoms with van der Waals surface area (Å²) in [6.45, 7) is 6.75. The minimum absolute atomic E-state index is 0.110. The average molecular weight is 403 g/mol. The Kier molecular flexibility index (Phi) is 7.22. The van der Waals surface area contributed by atoms with E-state index < -0.39 is 0 Å². The zero-order chi connectivity index (χ0) is 19.2.